The summed E-state index contributed by atoms with van der Waals surface area (Å²) in [4.78, 5) is 19.1. The highest BCUT2D eigenvalue weighted by molar-refractivity contribution is 5.86. The van der Waals surface area contributed by atoms with E-state index < -0.39 is 11.6 Å². The predicted molar refractivity (Wildman–Crippen MR) is 264 cm³/mol. The van der Waals surface area contributed by atoms with Gasteiger partial charge in [0, 0.05) is 79.6 Å². The normalized spacial score (nSPS) is 12.9. The van der Waals surface area contributed by atoms with Crippen molar-refractivity contribution in [2.45, 2.75) is 6.54 Å². The van der Waals surface area contributed by atoms with Gasteiger partial charge in [-0.25, -0.2) is 27.8 Å². The minimum atomic E-state index is -0.521. The number of aliphatic hydroxyl groups excluding tert-OH is 2. The summed E-state index contributed by atoms with van der Waals surface area (Å²) >= 11 is 0. The van der Waals surface area contributed by atoms with Crippen LogP contribution < -0.4 is 29.0 Å². The van der Waals surface area contributed by atoms with Crippen molar-refractivity contribution in [2.24, 2.45) is 0 Å². The number of hydrogen-bond donors (Lipinski definition) is 3. The monoisotopic (exact) mass is 990 g/mol. The van der Waals surface area contributed by atoms with Crippen molar-refractivity contribution in [1.29, 1.82) is 10.5 Å². The zero-order valence-corrected chi connectivity index (χ0v) is 39.9. The molecule has 0 bridgehead atoms. The van der Waals surface area contributed by atoms with Gasteiger partial charge in [0.05, 0.1) is 99.1 Å². The molecule has 0 saturated carbocycles. The molecule has 0 aliphatic carbocycles. The van der Waals surface area contributed by atoms with Crippen LogP contribution in [-0.2, 0) is 6.54 Å². The number of fused-ring (bicyclic) bond motifs is 2. The Morgan fingerprint density at radius 2 is 1.21 bits per heavy atom. The quantitative estimate of drug-likeness (QED) is 0.108. The van der Waals surface area contributed by atoms with Crippen LogP contribution in [0.15, 0.2) is 110 Å². The number of ether oxygens (including phenoxy) is 5. The van der Waals surface area contributed by atoms with Gasteiger partial charge in [0.1, 0.15) is 42.6 Å². The van der Waals surface area contributed by atoms with Crippen molar-refractivity contribution in [1.82, 2.24) is 49.4 Å². The maximum Gasteiger partial charge on any atom is 0.250 e. The van der Waals surface area contributed by atoms with Crippen molar-refractivity contribution in [3.8, 4) is 63.4 Å². The molecule has 73 heavy (non-hydrogen) atoms. The molecule has 2 aliphatic rings. The van der Waals surface area contributed by atoms with Gasteiger partial charge in [0.15, 0.2) is 11.6 Å². The van der Waals surface area contributed by atoms with Gasteiger partial charge in [-0.2, -0.15) is 20.7 Å². The van der Waals surface area contributed by atoms with Crippen LogP contribution in [0.3, 0.4) is 0 Å². The minimum absolute atomic E-state index is 0.0103. The van der Waals surface area contributed by atoms with E-state index in [1.165, 1.54) is 57.6 Å². The third-order valence-corrected chi connectivity index (χ3v) is 11.4. The second-order valence-corrected chi connectivity index (χ2v) is 16.1. The van der Waals surface area contributed by atoms with E-state index in [4.69, 9.17) is 29.2 Å². The third-order valence-electron chi connectivity index (χ3n) is 11.4. The van der Waals surface area contributed by atoms with Gasteiger partial charge >= 0.3 is 0 Å². The van der Waals surface area contributed by atoms with Crippen molar-refractivity contribution in [3.63, 3.8) is 0 Å². The average molecular weight is 991 g/mol. The molecular weight excluding hydrogens is 943 g/mol. The Morgan fingerprint density at radius 3 is 1.67 bits per heavy atom. The highest BCUT2D eigenvalue weighted by atomic mass is 19.1. The predicted octanol–water partition coefficient (Wildman–Crippen LogP) is 5.94. The van der Waals surface area contributed by atoms with Gasteiger partial charge in [0.2, 0.25) is 11.8 Å². The summed E-state index contributed by atoms with van der Waals surface area (Å²) in [5, 5.41) is 48.8. The number of pyridine rings is 6. The lowest BCUT2D eigenvalue weighted by Gasteiger charge is -2.16. The number of aromatic nitrogens is 8. The fraction of sp³-hybridized carbons (Fsp3) is 0.231. The number of nitriles is 2. The molecule has 0 aromatic carbocycles. The molecule has 10 heterocycles. The highest BCUT2D eigenvalue weighted by Crippen LogP contribution is 2.33. The van der Waals surface area contributed by atoms with Crippen LogP contribution in [0.4, 0.5) is 8.78 Å². The molecule has 372 valence electrons. The van der Waals surface area contributed by atoms with Gasteiger partial charge in [-0.05, 0) is 47.0 Å². The van der Waals surface area contributed by atoms with E-state index in [1.54, 1.807) is 40.0 Å². The summed E-state index contributed by atoms with van der Waals surface area (Å²) in [7, 11) is 4.20. The number of aliphatic hydroxyl groups is 2. The lowest BCUT2D eigenvalue weighted by Crippen LogP contribution is -2.20. The molecule has 0 unspecified atom stereocenters. The van der Waals surface area contributed by atoms with E-state index in [-0.39, 0.29) is 38.2 Å². The van der Waals surface area contributed by atoms with Crippen LogP contribution in [0.1, 0.15) is 28.1 Å². The Morgan fingerprint density at radius 1 is 0.644 bits per heavy atom. The summed E-state index contributed by atoms with van der Waals surface area (Å²) in [6, 6.07) is 18.6. The van der Waals surface area contributed by atoms with Crippen LogP contribution in [0.5, 0.6) is 29.0 Å². The Bertz CT molecular complexity index is 3370. The third kappa shape index (κ3) is 11.8. The smallest absolute Gasteiger partial charge is 0.250 e. The summed E-state index contributed by atoms with van der Waals surface area (Å²) in [5.41, 5.74) is 10.4. The number of methoxy groups -OCH3 is 3. The summed E-state index contributed by atoms with van der Waals surface area (Å²) < 4.78 is 55.3. The molecule has 8 aromatic rings. The number of hydrogen-bond acceptors (Lipinski definition) is 17. The molecule has 21 heteroatoms. The van der Waals surface area contributed by atoms with Crippen LogP contribution in [0.2, 0.25) is 0 Å². The van der Waals surface area contributed by atoms with Crippen molar-refractivity contribution in [3.05, 3.63) is 150 Å². The molecule has 0 saturated heterocycles. The Kier molecular flexibility index (Phi) is 16.5. The van der Waals surface area contributed by atoms with Crippen molar-refractivity contribution >= 4 is 22.2 Å². The topological polar surface area (TPSA) is 236 Å². The minimum Gasteiger partial charge on any atom is -0.495 e. The molecule has 8 aromatic heterocycles. The molecule has 10 rings (SSSR count). The van der Waals surface area contributed by atoms with E-state index in [2.05, 4.69) is 69.4 Å². The van der Waals surface area contributed by atoms with Gasteiger partial charge in [-0.1, -0.05) is 24.3 Å². The van der Waals surface area contributed by atoms with E-state index >= 15 is 0 Å². The summed E-state index contributed by atoms with van der Waals surface area (Å²) in [5.74, 6) is 0.449. The average Bonchev–Trinajstić information content (AvgIpc) is 4.28. The zero-order valence-electron chi connectivity index (χ0n) is 39.9. The second kappa shape index (κ2) is 23.8. The van der Waals surface area contributed by atoms with E-state index in [1.807, 2.05) is 36.4 Å². The highest BCUT2D eigenvalue weighted by Gasteiger charge is 2.20. The molecular formula is C52H48F2N12O7. The zero-order chi connectivity index (χ0) is 51.3. The molecule has 0 spiro atoms. The maximum absolute atomic E-state index is 14.0. The SMILES string of the molecule is COc1cnc(OC)c(F)c1.COc1ncc(CN2CC=C(c3ccc(-c4cc(OCCO)cn5ncc(C#N)c45)cn3)C2)cc1F.N#Cc1cnn2cc(OCCO)cc(-c3ccc(C4=CCNC4)nc3)c12. The number of rotatable bonds is 15. The van der Waals surface area contributed by atoms with Crippen LogP contribution in [0, 0.1) is 34.3 Å². The van der Waals surface area contributed by atoms with E-state index in [9.17, 15) is 19.3 Å². The molecule has 3 N–H and O–H groups in total. The number of halogens is 2. The number of nitrogens with zero attached hydrogens (tertiary/aromatic N) is 11. The first-order valence-corrected chi connectivity index (χ1v) is 22.6. The molecule has 0 amide bonds. The van der Waals surface area contributed by atoms with Gasteiger partial charge < -0.3 is 39.2 Å². The molecule has 0 radical (unpaired) electrons. The first-order chi connectivity index (χ1) is 35.7. The second-order valence-electron chi connectivity index (χ2n) is 16.1. The van der Waals surface area contributed by atoms with Crippen LogP contribution >= 0.6 is 0 Å². The van der Waals surface area contributed by atoms with Gasteiger partial charge in [-0.15, -0.1) is 0 Å². The largest absolute Gasteiger partial charge is 0.495 e. The maximum atomic E-state index is 14.0. The van der Waals surface area contributed by atoms with Gasteiger partial charge in [-0.3, -0.25) is 14.9 Å². The summed E-state index contributed by atoms with van der Waals surface area (Å²) in [6.45, 7) is 3.80. The lowest BCUT2D eigenvalue weighted by molar-refractivity contribution is 0.201. The molecule has 0 atom stereocenters. The van der Waals surface area contributed by atoms with Crippen molar-refractivity contribution in [2.75, 3.05) is 73.9 Å². The fourth-order valence-corrected chi connectivity index (χ4v) is 7.98. The van der Waals surface area contributed by atoms with Crippen LogP contribution in [0.25, 0.3) is 44.4 Å². The van der Waals surface area contributed by atoms with Crippen LogP contribution in [-0.4, -0.2) is 128 Å². The molecule has 19 nitrogen and oxygen atoms in total. The Labute approximate surface area is 417 Å². The Balaban J connectivity index is 0.000000167. The summed E-state index contributed by atoms with van der Waals surface area (Å²) in [6.07, 6.45) is 17.3. The standard InChI is InChI=1S/C26H23FN6O3.C19H17N5O2.C7H8FNO2/c1-35-26-23(27)8-17(11-30-26)14-32-5-4-19(15-32)24-3-2-18(12-29-24)22-9-21(36-7-6-34)16-33-25(22)20(10-28)13-31-33;20-8-15-11-23-24-12-16(26-6-5-25)7-17(19(15)24)13-1-2-18(22-10-13)14-3-4-21-9-14;1-10-5-3-6(8)7(11-2)9-4-5/h2-4,8-9,11-13,16,34H,5-7,14-15H2,1H3;1-3,7,10-12,21,25H,4-6,9H2;3-4H,1-2H3. The fourth-order valence-electron chi connectivity index (χ4n) is 7.98. The Hall–Kier alpha value is -8.86. The van der Waals surface area contributed by atoms with E-state index in [0.717, 1.165) is 64.4 Å². The molecule has 2 aliphatic heterocycles. The molecule has 0 fully saturated rings. The van der Waals surface area contributed by atoms with Gasteiger partial charge in [0.25, 0.3) is 0 Å². The first kappa shape index (κ1) is 50.5. The number of nitrogens with one attached hydrogen (secondary N) is 1. The lowest BCUT2D eigenvalue weighted by atomic mass is 10.0. The van der Waals surface area contributed by atoms with Crippen molar-refractivity contribution < 1.29 is 42.7 Å². The van der Waals surface area contributed by atoms with E-state index in [0.29, 0.717) is 52.5 Å². The first-order valence-electron chi connectivity index (χ1n) is 22.6.